The molecule has 3 heterocycles. The van der Waals surface area contributed by atoms with Gasteiger partial charge in [-0.2, -0.15) is 0 Å². The standard InChI is InChI=1S/C48H29NO2/c1-4-10-30(11-5-1)32-18-24-43-41(26-32)42-27-33(19-25-44(42)49(43)36-14-8-3-9-15-36)35-17-21-38-40-23-22-39-37-20-16-34(31-12-6-2-7-13-31)28-45(37)50-47(39)48(40)51-46(38)29-35/h1-29H. The van der Waals surface area contributed by atoms with Gasteiger partial charge in [0.05, 0.1) is 11.0 Å². The van der Waals surface area contributed by atoms with Crippen molar-refractivity contribution in [3.05, 3.63) is 176 Å². The zero-order chi connectivity index (χ0) is 33.5. The van der Waals surface area contributed by atoms with Gasteiger partial charge in [-0.15, -0.1) is 0 Å². The third-order valence-corrected chi connectivity index (χ3v) is 10.4. The maximum atomic E-state index is 6.66. The highest BCUT2D eigenvalue weighted by molar-refractivity contribution is 6.19. The molecule has 0 aliphatic carbocycles. The van der Waals surface area contributed by atoms with Gasteiger partial charge >= 0.3 is 0 Å². The molecular weight excluding hydrogens is 623 g/mol. The molecule has 0 N–H and O–H groups in total. The number of para-hydroxylation sites is 1. The molecule has 0 aliphatic heterocycles. The summed E-state index contributed by atoms with van der Waals surface area (Å²) in [4.78, 5) is 0. The van der Waals surface area contributed by atoms with Crippen LogP contribution in [-0.2, 0) is 0 Å². The van der Waals surface area contributed by atoms with Crippen LogP contribution in [0.3, 0.4) is 0 Å². The van der Waals surface area contributed by atoms with Crippen LogP contribution in [0.2, 0.25) is 0 Å². The lowest BCUT2D eigenvalue weighted by Gasteiger charge is -2.08. The molecule has 0 atom stereocenters. The van der Waals surface area contributed by atoms with E-state index >= 15 is 0 Å². The molecular formula is C48H29NO2. The highest BCUT2D eigenvalue weighted by Crippen LogP contribution is 2.42. The van der Waals surface area contributed by atoms with Crippen LogP contribution in [0.5, 0.6) is 0 Å². The van der Waals surface area contributed by atoms with E-state index in [9.17, 15) is 0 Å². The number of hydrogen-bond donors (Lipinski definition) is 0. The van der Waals surface area contributed by atoms with Crippen molar-refractivity contribution in [2.45, 2.75) is 0 Å². The topological polar surface area (TPSA) is 31.2 Å². The summed E-state index contributed by atoms with van der Waals surface area (Å²) in [5, 5.41) is 6.73. The smallest absolute Gasteiger partial charge is 0.178 e. The molecule has 3 aromatic heterocycles. The van der Waals surface area contributed by atoms with Gasteiger partial charge in [0.25, 0.3) is 0 Å². The molecule has 238 valence electrons. The number of benzene rings is 8. The Bertz CT molecular complexity index is 3110. The summed E-state index contributed by atoms with van der Waals surface area (Å²) in [5.41, 5.74) is 13.8. The molecule has 0 unspecified atom stereocenters. The highest BCUT2D eigenvalue weighted by Gasteiger charge is 2.18. The Morgan fingerprint density at radius 2 is 0.686 bits per heavy atom. The van der Waals surface area contributed by atoms with E-state index in [-0.39, 0.29) is 0 Å². The van der Waals surface area contributed by atoms with Gasteiger partial charge in [0, 0.05) is 38.0 Å². The van der Waals surface area contributed by atoms with Crippen LogP contribution < -0.4 is 0 Å². The minimum Gasteiger partial charge on any atom is -0.452 e. The van der Waals surface area contributed by atoms with E-state index in [2.05, 4.69) is 174 Å². The van der Waals surface area contributed by atoms with E-state index in [4.69, 9.17) is 8.83 Å². The van der Waals surface area contributed by atoms with Crippen molar-refractivity contribution in [2.24, 2.45) is 0 Å². The molecule has 0 radical (unpaired) electrons. The number of hydrogen-bond acceptors (Lipinski definition) is 2. The first-order chi connectivity index (χ1) is 25.3. The minimum absolute atomic E-state index is 0.784. The lowest BCUT2D eigenvalue weighted by molar-refractivity contribution is 0.633. The first kappa shape index (κ1) is 28.0. The fraction of sp³-hybridized carbons (Fsp3) is 0. The minimum atomic E-state index is 0.784. The van der Waals surface area contributed by atoms with Crippen molar-refractivity contribution in [1.82, 2.24) is 4.57 Å². The predicted octanol–water partition coefficient (Wildman–Crippen LogP) is 13.6. The Balaban J connectivity index is 1.07. The number of nitrogens with zero attached hydrogens (tertiary/aromatic N) is 1. The van der Waals surface area contributed by atoms with Crippen LogP contribution in [0.4, 0.5) is 0 Å². The molecule has 11 rings (SSSR count). The summed E-state index contributed by atoms with van der Waals surface area (Å²) >= 11 is 0. The van der Waals surface area contributed by atoms with Crippen LogP contribution >= 0.6 is 0 Å². The Kier molecular flexibility index (Phi) is 5.96. The molecule has 0 amide bonds. The third kappa shape index (κ3) is 4.32. The maximum Gasteiger partial charge on any atom is 0.178 e. The summed E-state index contributed by atoms with van der Waals surface area (Å²) in [6, 6.07) is 62.6. The van der Waals surface area contributed by atoms with Crippen molar-refractivity contribution >= 4 is 65.7 Å². The highest BCUT2D eigenvalue weighted by atomic mass is 16.4. The van der Waals surface area contributed by atoms with E-state index < -0.39 is 0 Å². The fourth-order valence-corrected chi connectivity index (χ4v) is 7.93. The fourth-order valence-electron chi connectivity index (χ4n) is 7.93. The number of furan rings is 2. The molecule has 0 fully saturated rings. The number of fused-ring (bicyclic) bond motifs is 10. The van der Waals surface area contributed by atoms with Crippen molar-refractivity contribution in [2.75, 3.05) is 0 Å². The van der Waals surface area contributed by atoms with E-state index in [0.717, 1.165) is 66.3 Å². The largest absolute Gasteiger partial charge is 0.452 e. The summed E-state index contributed by atoms with van der Waals surface area (Å²) < 4.78 is 15.6. The van der Waals surface area contributed by atoms with E-state index in [1.54, 1.807) is 0 Å². The summed E-state index contributed by atoms with van der Waals surface area (Å²) in [7, 11) is 0. The second-order valence-electron chi connectivity index (χ2n) is 13.3. The van der Waals surface area contributed by atoms with Gasteiger partial charge in [-0.1, -0.05) is 103 Å². The first-order valence-electron chi connectivity index (χ1n) is 17.3. The molecule has 11 aromatic rings. The Morgan fingerprint density at radius 3 is 1.20 bits per heavy atom. The summed E-state index contributed by atoms with van der Waals surface area (Å²) in [6.07, 6.45) is 0. The van der Waals surface area contributed by atoms with Crippen LogP contribution in [0.15, 0.2) is 185 Å². The van der Waals surface area contributed by atoms with Gasteiger partial charge in [0.1, 0.15) is 11.2 Å². The van der Waals surface area contributed by atoms with Gasteiger partial charge in [0.15, 0.2) is 11.2 Å². The maximum absolute atomic E-state index is 6.66. The Labute approximate surface area is 293 Å². The quantitative estimate of drug-likeness (QED) is 0.190. The Hall–Kier alpha value is -6.84. The number of aromatic nitrogens is 1. The Morgan fingerprint density at radius 1 is 0.294 bits per heavy atom. The lowest BCUT2D eigenvalue weighted by Crippen LogP contribution is -1.93. The monoisotopic (exact) mass is 651 g/mol. The SMILES string of the molecule is c1ccc(-c2ccc3c(c2)oc2c3ccc3c4ccc(-c5ccc6c(c5)c5cc(-c7ccccc7)ccc5n6-c5ccccc5)cc4oc32)cc1. The molecule has 51 heavy (non-hydrogen) atoms. The first-order valence-corrected chi connectivity index (χ1v) is 17.3. The van der Waals surface area contributed by atoms with Crippen LogP contribution in [0.25, 0.3) is 105 Å². The van der Waals surface area contributed by atoms with Gasteiger partial charge < -0.3 is 13.4 Å². The third-order valence-electron chi connectivity index (χ3n) is 10.4. The molecule has 3 nitrogen and oxygen atoms in total. The molecule has 8 aromatic carbocycles. The van der Waals surface area contributed by atoms with Crippen molar-refractivity contribution in [3.8, 4) is 39.1 Å². The predicted molar refractivity (Wildman–Crippen MR) is 212 cm³/mol. The molecule has 0 spiro atoms. The van der Waals surface area contributed by atoms with E-state index in [0.29, 0.717) is 0 Å². The van der Waals surface area contributed by atoms with Crippen LogP contribution in [0.1, 0.15) is 0 Å². The molecule has 0 aliphatic rings. The van der Waals surface area contributed by atoms with Crippen molar-refractivity contribution in [3.63, 3.8) is 0 Å². The summed E-state index contributed by atoms with van der Waals surface area (Å²) in [6.45, 7) is 0. The van der Waals surface area contributed by atoms with Gasteiger partial charge in [-0.05, 0) is 106 Å². The average molecular weight is 652 g/mol. The van der Waals surface area contributed by atoms with Gasteiger partial charge in [0.2, 0.25) is 0 Å². The van der Waals surface area contributed by atoms with Gasteiger partial charge in [-0.3, -0.25) is 0 Å². The average Bonchev–Trinajstić information content (AvgIpc) is 3.87. The second kappa shape index (κ2) is 10.8. The normalized spacial score (nSPS) is 11.9. The van der Waals surface area contributed by atoms with Crippen molar-refractivity contribution in [1.29, 1.82) is 0 Å². The van der Waals surface area contributed by atoms with E-state index in [1.807, 2.05) is 6.07 Å². The molecule has 0 saturated heterocycles. The van der Waals surface area contributed by atoms with Crippen LogP contribution in [0, 0.1) is 0 Å². The lowest BCUT2D eigenvalue weighted by atomic mass is 9.99. The van der Waals surface area contributed by atoms with E-state index in [1.165, 1.54) is 38.5 Å². The van der Waals surface area contributed by atoms with Gasteiger partial charge in [-0.25, -0.2) is 0 Å². The molecule has 0 bridgehead atoms. The second-order valence-corrected chi connectivity index (χ2v) is 13.3. The summed E-state index contributed by atoms with van der Waals surface area (Å²) in [5.74, 6) is 0. The zero-order valence-corrected chi connectivity index (χ0v) is 27.5. The zero-order valence-electron chi connectivity index (χ0n) is 27.5. The molecule has 0 saturated carbocycles. The van der Waals surface area contributed by atoms with Crippen LogP contribution in [-0.4, -0.2) is 4.57 Å². The number of rotatable bonds is 4. The van der Waals surface area contributed by atoms with Crippen molar-refractivity contribution < 1.29 is 8.83 Å². The molecule has 3 heteroatoms.